The van der Waals surface area contributed by atoms with E-state index in [2.05, 4.69) is 27.8 Å². The highest BCUT2D eigenvalue weighted by Gasteiger charge is 2.03. The van der Waals surface area contributed by atoms with Gasteiger partial charge in [0.1, 0.15) is 0 Å². The molecule has 1 heterocycles. The van der Waals surface area contributed by atoms with Crippen LogP contribution in [-0.4, -0.2) is 11.6 Å². The lowest BCUT2D eigenvalue weighted by atomic mass is 10.3. The Morgan fingerprint density at radius 3 is 3.00 bits per heavy atom. The Morgan fingerprint density at radius 1 is 1.62 bits per heavy atom. The molecule has 0 aliphatic carbocycles. The maximum absolute atomic E-state index is 5.55. The van der Waals surface area contributed by atoms with E-state index < -0.39 is 0 Å². The highest BCUT2D eigenvalue weighted by Crippen LogP contribution is 2.19. The molecule has 0 atom stereocenters. The molecule has 2 N–H and O–H groups in total. The van der Waals surface area contributed by atoms with Gasteiger partial charge in [0.25, 0.3) is 0 Å². The van der Waals surface area contributed by atoms with Crippen LogP contribution in [0.1, 0.15) is 18.9 Å². The molecule has 0 saturated heterocycles. The molecule has 0 amide bonds. The van der Waals surface area contributed by atoms with Crippen LogP contribution in [0.25, 0.3) is 0 Å². The lowest BCUT2D eigenvalue weighted by molar-refractivity contribution is 0.302. The smallest absolute Gasteiger partial charge is 0.217 e. The third kappa shape index (κ3) is 2.97. The van der Waals surface area contributed by atoms with E-state index in [9.17, 15) is 0 Å². The van der Waals surface area contributed by atoms with Crippen molar-refractivity contribution in [3.8, 4) is 5.88 Å². The summed E-state index contributed by atoms with van der Waals surface area (Å²) in [5.41, 5.74) is 6.48. The Bertz CT molecular complexity index is 278. The van der Waals surface area contributed by atoms with E-state index in [-0.39, 0.29) is 0 Å². The van der Waals surface area contributed by atoms with E-state index >= 15 is 0 Å². The van der Waals surface area contributed by atoms with Gasteiger partial charge in [-0.15, -0.1) is 0 Å². The minimum absolute atomic E-state index is 0.450. The molecule has 13 heavy (non-hydrogen) atoms. The second-order valence-electron chi connectivity index (χ2n) is 2.67. The van der Waals surface area contributed by atoms with E-state index in [0.717, 1.165) is 16.5 Å². The fraction of sp³-hybridized carbons (Fsp3) is 0.444. The average Bonchev–Trinajstić information content (AvgIpc) is 2.16. The molecule has 1 aromatic rings. The van der Waals surface area contributed by atoms with Crippen molar-refractivity contribution in [3.05, 3.63) is 22.3 Å². The Hall–Kier alpha value is -0.610. The third-order valence-corrected chi connectivity index (χ3v) is 1.99. The van der Waals surface area contributed by atoms with Gasteiger partial charge in [0.2, 0.25) is 5.88 Å². The molecule has 0 spiro atoms. The average molecular weight is 245 g/mol. The lowest BCUT2D eigenvalue weighted by Crippen LogP contribution is -2.04. The number of nitrogens with two attached hydrogens (primary N) is 1. The van der Waals surface area contributed by atoms with Crippen LogP contribution in [0.2, 0.25) is 0 Å². The molecular formula is C9H13BrN2O. The Balaban J connectivity index is 2.79. The van der Waals surface area contributed by atoms with E-state index in [1.807, 2.05) is 6.07 Å². The molecule has 0 unspecified atom stereocenters. The predicted molar refractivity (Wildman–Crippen MR) is 55.6 cm³/mol. The summed E-state index contributed by atoms with van der Waals surface area (Å²) in [6.45, 7) is 3.19. The maximum atomic E-state index is 5.55. The normalized spacial score (nSPS) is 10.1. The molecule has 0 saturated carbocycles. The van der Waals surface area contributed by atoms with Crippen LogP contribution in [0.5, 0.6) is 5.88 Å². The molecule has 72 valence electrons. The zero-order valence-corrected chi connectivity index (χ0v) is 9.17. The lowest BCUT2D eigenvalue weighted by Gasteiger charge is -2.07. The first-order valence-electron chi connectivity index (χ1n) is 4.25. The molecule has 1 aromatic heterocycles. The minimum atomic E-state index is 0.450. The summed E-state index contributed by atoms with van der Waals surface area (Å²) >= 11 is 3.33. The number of hydrogen-bond acceptors (Lipinski definition) is 3. The monoisotopic (exact) mass is 244 g/mol. The first kappa shape index (κ1) is 10.5. The van der Waals surface area contributed by atoms with Crippen molar-refractivity contribution in [1.29, 1.82) is 0 Å². The van der Waals surface area contributed by atoms with Crippen LogP contribution in [0.3, 0.4) is 0 Å². The summed E-state index contributed by atoms with van der Waals surface area (Å²) in [4.78, 5) is 4.14. The number of nitrogens with zero attached hydrogens (tertiary/aromatic N) is 1. The van der Waals surface area contributed by atoms with E-state index in [0.29, 0.717) is 19.0 Å². The third-order valence-electron chi connectivity index (χ3n) is 1.55. The number of pyridine rings is 1. The SMILES string of the molecule is CCCOc1ncc(Br)cc1CN. The maximum Gasteiger partial charge on any atom is 0.217 e. The van der Waals surface area contributed by atoms with Gasteiger partial charge in [-0.25, -0.2) is 4.98 Å². The van der Waals surface area contributed by atoms with Gasteiger partial charge in [-0.3, -0.25) is 0 Å². The number of hydrogen-bond donors (Lipinski definition) is 1. The van der Waals surface area contributed by atoms with Crippen molar-refractivity contribution < 1.29 is 4.74 Å². The van der Waals surface area contributed by atoms with E-state index in [1.54, 1.807) is 6.20 Å². The molecule has 0 radical (unpaired) electrons. The van der Waals surface area contributed by atoms with Gasteiger partial charge in [0, 0.05) is 22.8 Å². The summed E-state index contributed by atoms with van der Waals surface area (Å²) in [5.74, 6) is 0.646. The number of halogens is 1. The van der Waals surface area contributed by atoms with Crippen LogP contribution in [0.4, 0.5) is 0 Å². The minimum Gasteiger partial charge on any atom is -0.477 e. The highest BCUT2D eigenvalue weighted by atomic mass is 79.9. The molecular weight excluding hydrogens is 232 g/mol. The summed E-state index contributed by atoms with van der Waals surface area (Å²) < 4.78 is 6.35. The second kappa shape index (κ2) is 5.19. The quantitative estimate of drug-likeness (QED) is 0.883. The van der Waals surface area contributed by atoms with Crippen molar-refractivity contribution in [2.75, 3.05) is 6.61 Å². The fourth-order valence-corrected chi connectivity index (χ4v) is 1.32. The Morgan fingerprint density at radius 2 is 2.38 bits per heavy atom. The highest BCUT2D eigenvalue weighted by molar-refractivity contribution is 9.10. The Kier molecular flexibility index (Phi) is 4.18. The number of rotatable bonds is 4. The molecule has 0 bridgehead atoms. The number of aromatic nitrogens is 1. The van der Waals surface area contributed by atoms with Gasteiger partial charge in [-0.2, -0.15) is 0 Å². The van der Waals surface area contributed by atoms with Crippen LogP contribution in [0, 0.1) is 0 Å². The topological polar surface area (TPSA) is 48.1 Å². The van der Waals surface area contributed by atoms with Gasteiger partial charge in [-0.05, 0) is 28.4 Å². The van der Waals surface area contributed by atoms with Crippen molar-refractivity contribution in [3.63, 3.8) is 0 Å². The Labute approximate surface area is 86.4 Å². The molecule has 0 aliphatic rings. The van der Waals surface area contributed by atoms with Crippen molar-refractivity contribution >= 4 is 15.9 Å². The molecule has 3 nitrogen and oxygen atoms in total. The summed E-state index contributed by atoms with van der Waals surface area (Å²) in [5, 5.41) is 0. The first-order valence-corrected chi connectivity index (χ1v) is 5.04. The molecule has 1 rings (SSSR count). The first-order chi connectivity index (χ1) is 6.27. The largest absolute Gasteiger partial charge is 0.477 e. The molecule has 0 aromatic carbocycles. The molecule has 4 heteroatoms. The molecule has 0 aliphatic heterocycles. The van der Waals surface area contributed by atoms with E-state index in [1.165, 1.54) is 0 Å². The zero-order valence-electron chi connectivity index (χ0n) is 7.59. The summed E-state index contributed by atoms with van der Waals surface area (Å²) in [6, 6.07) is 1.93. The van der Waals surface area contributed by atoms with Crippen LogP contribution in [0.15, 0.2) is 16.7 Å². The van der Waals surface area contributed by atoms with Gasteiger partial charge in [-0.1, -0.05) is 6.92 Å². The van der Waals surface area contributed by atoms with Crippen molar-refractivity contribution in [2.45, 2.75) is 19.9 Å². The van der Waals surface area contributed by atoms with E-state index in [4.69, 9.17) is 10.5 Å². The van der Waals surface area contributed by atoms with Crippen molar-refractivity contribution in [2.24, 2.45) is 5.73 Å². The fourth-order valence-electron chi connectivity index (χ4n) is 0.944. The molecule has 0 fully saturated rings. The number of ether oxygens (including phenoxy) is 1. The van der Waals surface area contributed by atoms with Crippen molar-refractivity contribution in [1.82, 2.24) is 4.98 Å². The second-order valence-corrected chi connectivity index (χ2v) is 3.59. The van der Waals surface area contributed by atoms with Crippen LogP contribution in [-0.2, 0) is 6.54 Å². The summed E-state index contributed by atoms with van der Waals surface area (Å²) in [6.07, 6.45) is 2.69. The van der Waals surface area contributed by atoms with Gasteiger partial charge >= 0.3 is 0 Å². The van der Waals surface area contributed by atoms with Gasteiger partial charge < -0.3 is 10.5 Å². The van der Waals surface area contributed by atoms with Gasteiger partial charge in [0.05, 0.1) is 6.61 Å². The van der Waals surface area contributed by atoms with Crippen LogP contribution < -0.4 is 10.5 Å². The predicted octanol–water partition coefficient (Wildman–Crippen LogP) is 2.09. The summed E-state index contributed by atoms with van der Waals surface area (Å²) in [7, 11) is 0. The standard InChI is InChI=1S/C9H13BrN2O/c1-2-3-13-9-7(5-11)4-8(10)6-12-9/h4,6H,2-3,5,11H2,1H3. The zero-order chi connectivity index (χ0) is 9.68. The van der Waals surface area contributed by atoms with Gasteiger partial charge in [0.15, 0.2) is 0 Å². The van der Waals surface area contributed by atoms with Crippen LogP contribution >= 0.6 is 15.9 Å².